The first-order chi connectivity index (χ1) is 17.0. The number of fused-ring (bicyclic) bond motifs is 1. The summed E-state index contributed by atoms with van der Waals surface area (Å²) in [5.74, 6) is 0.620. The van der Waals surface area contributed by atoms with Crippen LogP contribution in [0.15, 0.2) is 66.7 Å². The first kappa shape index (κ1) is 22.2. The molecule has 4 aromatic rings. The molecule has 1 fully saturated rings. The van der Waals surface area contributed by atoms with E-state index in [1.807, 2.05) is 31.2 Å². The minimum Gasteiger partial charge on any atom is -0.457 e. The number of aromatic amines is 1. The molecule has 5 rings (SSSR count). The average Bonchev–Trinajstić information content (AvgIpc) is 3.52. The van der Waals surface area contributed by atoms with Gasteiger partial charge < -0.3 is 19.9 Å². The van der Waals surface area contributed by atoms with Crippen molar-refractivity contribution < 1.29 is 14.3 Å². The lowest BCUT2D eigenvalue weighted by Gasteiger charge is -2.22. The minimum atomic E-state index is -0.683. The van der Waals surface area contributed by atoms with Crippen molar-refractivity contribution in [2.45, 2.75) is 25.8 Å². The standard InChI is InChI=1S/C27H23N5O3/c1-17-15-20(35-19-10-8-18(16-28)9-11-19)12-13-21(17)31-26(33)27(34)32-14-4-7-24(32)25-29-22-5-2-3-6-23(22)30-25/h2-3,5-6,8-13,15,24H,4,7,14H2,1H3,(H,29,30)(H,31,33)/t24-/m1/s1. The van der Waals surface area contributed by atoms with Gasteiger partial charge in [0.05, 0.1) is 28.7 Å². The molecule has 2 amide bonds. The van der Waals surface area contributed by atoms with Gasteiger partial charge in [0.25, 0.3) is 0 Å². The number of nitriles is 1. The van der Waals surface area contributed by atoms with Gasteiger partial charge in [-0.2, -0.15) is 5.26 Å². The van der Waals surface area contributed by atoms with Crippen molar-refractivity contribution in [3.05, 3.63) is 83.7 Å². The molecule has 174 valence electrons. The van der Waals surface area contributed by atoms with Crippen molar-refractivity contribution in [3.63, 3.8) is 0 Å². The van der Waals surface area contributed by atoms with Crippen LogP contribution in [0, 0.1) is 18.3 Å². The molecule has 1 aliphatic heterocycles. The van der Waals surface area contributed by atoms with Gasteiger partial charge in [-0.3, -0.25) is 9.59 Å². The van der Waals surface area contributed by atoms with Crippen LogP contribution < -0.4 is 10.1 Å². The largest absolute Gasteiger partial charge is 0.457 e. The molecule has 0 unspecified atom stereocenters. The molecule has 0 radical (unpaired) electrons. The van der Waals surface area contributed by atoms with E-state index < -0.39 is 11.8 Å². The lowest BCUT2D eigenvalue weighted by Crippen LogP contribution is -2.39. The number of para-hydroxylation sites is 2. The first-order valence-corrected chi connectivity index (χ1v) is 11.4. The van der Waals surface area contributed by atoms with Crippen LogP contribution >= 0.6 is 0 Å². The average molecular weight is 466 g/mol. The minimum absolute atomic E-state index is 0.259. The van der Waals surface area contributed by atoms with E-state index in [4.69, 9.17) is 10.00 Å². The molecule has 35 heavy (non-hydrogen) atoms. The first-order valence-electron chi connectivity index (χ1n) is 11.4. The highest BCUT2D eigenvalue weighted by Crippen LogP contribution is 2.32. The van der Waals surface area contributed by atoms with Crippen molar-refractivity contribution >= 4 is 28.5 Å². The van der Waals surface area contributed by atoms with E-state index in [2.05, 4.69) is 21.4 Å². The summed E-state index contributed by atoms with van der Waals surface area (Å²) in [7, 11) is 0. The molecule has 0 aliphatic carbocycles. The summed E-state index contributed by atoms with van der Waals surface area (Å²) in [6.07, 6.45) is 1.56. The van der Waals surface area contributed by atoms with Crippen LogP contribution in [0.1, 0.15) is 35.8 Å². The predicted molar refractivity (Wildman–Crippen MR) is 131 cm³/mol. The van der Waals surface area contributed by atoms with Crippen molar-refractivity contribution in [1.82, 2.24) is 14.9 Å². The zero-order valence-electron chi connectivity index (χ0n) is 19.1. The van der Waals surface area contributed by atoms with E-state index in [0.29, 0.717) is 35.1 Å². The Morgan fingerprint density at radius 1 is 1.11 bits per heavy atom. The molecule has 0 saturated carbocycles. The van der Waals surface area contributed by atoms with Crippen molar-refractivity contribution in [3.8, 4) is 17.6 Å². The number of likely N-dealkylation sites (tertiary alicyclic amines) is 1. The molecule has 0 spiro atoms. The van der Waals surface area contributed by atoms with Gasteiger partial charge in [-0.15, -0.1) is 0 Å². The molecule has 1 aromatic heterocycles. The fourth-order valence-electron chi connectivity index (χ4n) is 4.30. The monoisotopic (exact) mass is 465 g/mol. The smallest absolute Gasteiger partial charge is 0.313 e. The molecule has 8 nitrogen and oxygen atoms in total. The van der Waals surface area contributed by atoms with Crippen LogP contribution in [-0.4, -0.2) is 33.2 Å². The third-order valence-electron chi connectivity index (χ3n) is 6.10. The maximum atomic E-state index is 13.0. The van der Waals surface area contributed by atoms with Crippen LogP contribution in [0.4, 0.5) is 5.69 Å². The summed E-state index contributed by atoms with van der Waals surface area (Å²) < 4.78 is 5.83. The second kappa shape index (κ2) is 9.31. The molecule has 3 aromatic carbocycles. The SMILES string of the molecule is Cc1cc(Oc2ccc(C#N)cc2)ccc1NC(=O)C(=O)N1CCC[C@@H]1c1nc2ccccc2[nH]1. The number of H-pyrrole nitrogens is 1. The molecule has 2 N–H and O–H groups in total. The van der Waals surface area contributed by atoms with E-state index in [1.165, 1.54) is 0 Å². The predicted octanol–water partition coefficient (Wildman–Crippen LogP) is 4.84. The number of ether oxygens (including phenoxy) is 1. The van der Waals surface area contributed by atoms with Gasteiger partial charge >= 0.3 is 11.8 Å². The van der Waals surface area contributed by atoms with Crippen LogP contribution in [0.25, 0.3) is 11.0 Å². The summed E-state index contributed by atoms with van der Waals surface area (Å²) in [5.41, 5.74) is 3.59. The van der Waals surface area contributed by atoms with E-state index in [1.54, 1.807) is 47.4 Å². The number of rotatable bonds is 4. The van der Waals surface area contributed by atoms with Gasteiger partial charge in [-0.25, -0.2) is 4.98 Å². The number of aromatic nitrogens is 2. The molecule has 1 atom stereocenters. The van der Waals surface area contributed by atoms with Crippen molar-refractivity contribution in [1.29, 1.82) is 5.26 Å². The number of hydrogen-bond acceptors (Lipinski definition) is 5. The second-order valence-corrected chi connectivity index (χ2v) is 8.46. The fourth-order valence-corrected chi connectivity index (χ4v) is 4.30. The van der Waals surface area contributed by atoms with E-state index in [-0.39, 0.29) is 6.04 Å². The molecule has 1 aliphatic rings. The summed E-state index contributed by atoms with van der Waals surface area (Å²) in [5, 5.41) is 11.7. The zero-order chi connectivity index (χ0) is 24.4. The number of nitrogens with zero attached hydrogens (tertiary/aromatic N) is 3. The van der Waals surface area contributed by atoms with Gasteiger partial charge in [-0.05, 0) is 79.9 Å². The second-order valence-electron chi connectivity index (χ2n) is 8.46. The Balaban J connectivity index is 1.27. The number of nitrogens with one attached hydrogen (secondary N) is 2. The van der Waals surface area contributed by atoms with Gasteiger partial charge in [0, 0.05) is 12.2 Å². The highest BCUT2D eigenvalue weighted by Gasteiger charge is 2.35. The zero-order valence-corrected chi connectivity index (χ0v) is 19.1. The quantitative estimate of drug-likeness (QED) is 0.419. The van der Waals surface area contributed by atoms with Crippen LogP contribution in [-0.2, 0) is 9.59 Å². The van der Waals surface area contributed by atoms with Crippen LogP contribution in [0.2, 0.25) is 0 Å². The Bertz CT molecular complexity index is 1420. The third-order valence-corrected chi connectivity index (χ3v) is 6.10. The molecule has 8 heteroatoms. The summed E-state index contributed by atoms with van der Waals surface area (Å²) in [6.45, 7) is 2.34. The van der Waals surface area contributed by atoms with Crippen molar-refractivity contribution in [2.24, 2.45) is 0 Å². The number of hydrogen-bond donors (Lipinski definition) is 2. The Morgan fingerprint density at radius 2 is 1.89 bits per heavy atom. The Labute approximate surface area is 202 Å². The Morgan fingerprint density at radius 3 is 2.63 bits per heavy atom. The Hall–Kier alpha value is -4.64. The maximum absolute atomic E-state index is 13.0. The van der Waals surface area contributed by atoms with Gasteiger partial charge in [-0.1, -0.05) is 12.1 Å². The van der Waals surface area contributed by atoms with Gasteiger partial charge in [0.15, 0.2) is 0 Å². The summed E-state index contributed by atoms with van der Waals surface area (Å²) >= 11 is 0. The molecule has 2 heterocycles. The van der Waals surface area contributed by atoms with Crippen LogP contribution in [0.3, 0.4) is 0 Å². The summed E-state index contributed by atoms with van der Waals surface area (Å²) in [4.78, 5) is 35.4. The van der Waals surface area contributed by atoms with Crippen molar-refractivity contribution in [2.75, 3.05) is 11.9 Å². The number of imidazole rings is 1. The van der Waals surface area contributed by atoms with E-state index in [9.17, 15) is 9.59 Å². The normalized spacial score (nSPS) is 15.1. The highest BCUT2D eigenvalue weighted by molar-refractivity contribution is 6.39. The fraction of sp³-hybridized carbons (Fsp3) is 0.185. The molecule has 0 bridgehead atoms. The third kappa shape index (κ3) is 4.57. The topological polar surface area (TPSA) is 111 Å². The molecular formula is C27H23N5O3. The number of carbonyl (C=O) groups is 2. The van der Waals surface area contributed by atoms with E-state index >= 15 is 0 Å². The molecular weight excluding hydrogens is 442 g/mol. The number of amides is 2. The highest BCUT2D eigenvalue weighted by atomic mass is 16.5. The lowest BCUT2D eigenvalue weighted by molar-refractivity contribution is -0.143. The van der Waals surface area contributed by atoms with Gasteiger partial charge in [0.2, 0.25) is 0 Å². The molecule has 1 saturated heterocycles. The number of aryl methyl sites for hydroxylation is 1. The number of anilines is 1. The lowest BCUT2D eigenvalue weighted by atomic mass is 10.2. The van der Waals surface area contributed by atoms with E-state index in [0.717, 1.165) is 29.4 Å². The number of carbonyl (C=O) groups excluding carboxylic acids is 2. The Kier molecular flexibility index (Phi) is 5.90. The summed E-state index contributed by atoms with van der Waals surface area (Å²) in [6, 6.07) is 21.5. The van der Waals surface area contributed by atoms with Gasteiger partial charge in [0.1, 0.15) is 17.3 Å². The number of benzene rings is 3. The maximum Gasteiger partial charge on any atom is 0.313 e. The van der Waals surface area contributed by atoms with Crippen LogP contribution in [0.5, 0.6) is 11.5 Å².